The first-order valence-corrected chi connectivity index (χ1v) is 7.09. The summed E-state index contributed by atoms with van der Waals surface area (Å²) in [4.78, 5) is 40.9. The van der Waals surface area contributed by atoms with Crippen LogP contribution in [-0.2, 0) is 13.1 Å². The number of unbranched alkanes of at least 4 members (excludes halogenated alkanes) is 1. The Morgan fingerprint density at radius 1 is 1.14 bits per heavy atom. The van der Waals surface area contributed by atoms with Crippen molar-refractivity contribution in [2.45, 2.75) is 52.3 Å². The van der Waals surface area contributed by atoms with Gasteiger partial charge in [0.2, 0.25) is 0 Å². The van der Waals surface area contributed by atoms with Gasteiger partial charge in [0.25, 0.3) is 5.56 Å². The Bertz CT molecular complexity index is 793. The first-order chi connectivity index (χ1) is 9.95. The van der Waals surface area contributed by atoms with Crippen molar-refractivity contribution in [3.05, 3.63) is 31.3 Å². The van der Waals surface area contributed by atoms with Crippen LogP contribution in [-0.4, -0.2) is 30.3 Å². The Balaban J connectivity index is 2.42. The van der Waals surface area contributed by atoms with E-state index in [1.807, 2.05) is 0 Å². The maximum Gasteiger partial charge on any atom is 0.332 e. The van der Waals surface area contributed by atoms with Crippen LogP contribution in [0.1, 0.15) is 33.1 Å². The molecule has 2 aromatic heterocycles. The van der Waals surface area contributed by atoms with Crippen molar-refractivity contribution in [3.8, 4) is 0 Å². The van der Waals surface area contributed by atoms with E-state index in [1.54, 1.807) is 13.8 Å². The van der Waals surface area contributed by atoms with Gasteiger partial charge in [0, 0.05) is 13.1 Å². The minimum atomic E-state index is -0.504. The molecule has 8 nitrogen and oxygen atoms in total. The van der Waals surface area contributed by atoms with Crippen molar-refractivity contribution in [1.29, 1.82) is 0 Å². The summed E-state index contributed by atoms with van der Waals surface area (Å²) in [5, 5.41) is 9.21. The van der Waals surface area contributed by atoms with Crippen LogP contribution in [0.4, 0.5) is 0 Å². The zero-order valence-electron chi connectivity index (χ0n) is 12.2. The molecule has 0 aliphatic heterocycles. The molecule has 21 heavy (non-hydrogen) atoms. The highest BCUT2D eigenvalue weighted by molar-refractivity contribution is 5.68. The average molecular weight is 296 g/mol. The molecule has 0 bridgehead atoms. The van der Waals surface area contributed by atoms with Gasteiger partial charge in [-0.05, 0) is 33.1 Å². The molecule has 0 unspecified atom stereocenters. The number of H-pyrrole nitrogens is 2. The maximum atomic E-state index is 12.3. The Hall–Kier alpha value is -2.09. The number of nitrogens with zero attached hydrogens (tertiary/aromatic N) is 2. The van der Waals surface area contributed by atoms with Crippen molar-refractivity contribution < 1.29 is 5.11 Å². The van der Waals surface area contributed by atoms with Gasteiger partial charge in [-0.2, -0.15) is 0 Å². The van der Waals surface area contributed by atoms with Crippen LogP contribution in [0.15, 0.2) is 14.4 Å². The molecule has 0 aliphatic carbocycles. The highest BCUT2D eigenvalue weighted by Crippen LogP contribution is 2.02. The fraction of sp³-hybridized carbons (Fsp3) is 0.615. The Labute approximate surface area is 120 Å². The second kappa shape index (κ2) is 6.13. The smallest absolute Gasteiger partial charge is 0.332 e. The maximum absolute atomic E-state index is 12.3. The number of aryl methyl sites for hydroxylation is 1. The molecule has 0 spiro atoms. The topological polar surface area (TPSA) is 113 Å². The van der Waals surface area contributed by atoms with Gasteiger partial charge < -0.3 is 5.11 Å². The van der Waals surface area contributed by atoms with Crippen LogP contribution in [0.25, 0.3) is 11.2 Å². The largest absolute Gasteiger partial charge is 0.393 e. The van der Waals surface area contributed by atoms with E-state index in [4.69, 9.17) is 0 Å². The quantitative estimate of drug-likeness (QED) is 0.638. The number of hydrogen-bond donors (Lipinski definition) is 3. The lowest BCUT2D eigenvalue weighted by Gasteiger charge is -2.10. The monoisotopic (exact) mass is 296 g/mol. The summed E-state index contributed by atoms with van der Waals surface area (Å²) in [7, 11) is 0. The summed E-state index contributed by atoms with van der Waals surface area (Å²) < 4.78 is 2.50. The highest BCUT2D eigenvalue weighted by Gasteiger charge is 2.14. The molecule has 2 aromatic rings. The van der Waals surface area contributed by atoms with Gasteiger partial charge in [0.1, 0.15) is 5.65 Å². The van der Waals surface area contributed by atoms with Gasteiger partial charge in [0.05, 0.1) is 6.10 Å². The SMILES string of the molecule is CCn1c(=O)n(CCCC[C@@H](C)O)c(=O)c2[nH]c(=O)[nH]c21. The number of aromatic amines is 2. The number of hydrogen-bond acceptors (Lipinski definition) is 4. The van der Waals surface area contributed by atoms with Crippen LogP contribution in [0.5, 0.6) is 0 Å². The van der Waals surface area contributed by atoms with Gasteiger partial charge in [-0.1, -0.05) is 0 Å². The third-order valence-corrected chi connectivity index (χ3v) is 3.47. The molecule has 8 heteroatoms. The van der Waals surface area contributed by atoms with E-state index in [0.717, 1.165) is 11.0 Å². The summed E-state index contributed by atoms with van der Waals surface area (Å²) in [6.45, 7) is 4.10. The van der Waals surface area contributed by atoms with Gasteiger partial charge >= 0.3 is 11.4 Å². The Morgan fingerprint density at radius 2 is 1.86 bits per heavy atom. The lowest BCUT2D eigenvalue weighted by Crippen LogP contribution is -2.40. The zero-order chi connectivity index (χ0) is 15.6. The van der Waals surface area contributed by atoms with E-state index in [9.17, 15) is 19.5 Å². The van der Waals surface area contributed by atoms with Crippen LogP contribution < -0.4 is 16.9 Å². The Morgan fingerprint density at radius 3 is 2.48 bits per heavy atom. The number of imidazole rings is 1. The molecule has 2 rings (SSSR count). The molecule has 116 valence electrons. The van der Waals surface area contributed by atoms with Gasteiger partial charge in [-0.3, -0.25) is 23.9 Å². The minimum Gasteiger partial charge on any atom is -0.393 e. The molecule has 0 aliphatic rings. The van der Waals surface area contributed by atoms with E-state index in [0.29, 0.717) is 19.4 Å². The van der Waals surface area contributed by atoms with Crippen molar-refractivity contribution >= 4 is 11.2 Å². The second-order valence-electron chi connectivity index (χ2n) is 5.13. The molecule has 3 N–H and O–H groups in total. The molecular weight excluding hydrogens is 276 g/mol. The number of aliphatic hydroxyl groups is 1. The number of rotatable bonds is 6. The molecule has 0 saturated heterocycles. The van der Waals surface area contributed by atoms with Crippen molar-refractivity contribution in [1.82, 2.24) is 19.1 Å². The molecule has 0 aromatic carbocycles. The summed E-state index contributed by atoms with van der Waals surface area (Å²) in [6.07, 6.45) is 1.57. The first kappa shape index (κ1) is 15.3. The van der Waals surface area contributed by atoms with E-state index >= 15 is 0 Å². The molecule has 0 radical (unpaired) electrons. The predicted molar refractivity (Wildman–Crippen MR) is 78.6 cm³/mol. The molecule has 0 fully saturated rings. The highest BCUT2D eigenvalue weighted by atomic mass is 16.3. The van der Waals surface area contributed by atoms with Crippen LogP contribution >= 0.6 is 0 Å². The van der Waals surface area contributed by atoms with E-state index in [2.05, 4.69) is 9.97 Å². The van der Waals surface area contributed by atoms with Gasteiger partial charge in [-0.15, -0.1) is 0 Å². The first-order valence-electron chi connectivity index (χ1n) is 7.09. The van der Waals surface area contributed by atoms with Crippen LogP contribution in [0.2, 0.25) is 0 Å². The fourth-order valence-corrected chi connectivity index (χ4v) is 2.39. The number of nitrogens with one attached hydrogen (secondary N) is 2. The standard InChI is InChI=1S/C13H20N4O4/c1-3-16-10-9(14-12(20)15-10)11(19)17(13(16)21)7-5-4-6-8(2)18/h8,18H,3-7H2,1-2H3,(H2,14,15,20)/t8-/m1/s1. The summed E-state index contributed by atoms with van der Waals surface area (Å²) >= 11 is 0. The fourth-order valence-electron chi connectivity index (χ4n) is 2.39. The zero-order valence-corrected chi connectivity index (χ0v) is 12.2. The molecule has 2 heterocycles. The van der Waals surface area contributed by atoms with Crippen molar-refractivity contribution in [2.24, 2.45) is 0 Å². The predicted octanol–water partition coefficient (Wildman–Crippen LogP) is -0.249. The summed E-state index contributed by atoms with van der Waals surface area (Å²) in [5.74, 6) is 0. The average Bonchev–Trinajstić information content (AvgIpc) is 2.80. The third-order valence-electron chi connectivity index (χ3n) is 3.47. The van der Waals surface area contributed by atoms with Gasteiger partial charge in [0.15, 0.2) is 5.52 Å². The van der Waals surface area contributed by atoms with E-state index in [-0.39, 0.29) is 17.7 Å². The number of aliphatic hydroxyl groups excluding tert-OH is 1. The summed E-state index contributed by atoms with van der Waals surface area (Å²) in [6, 6.07) is 0. The number of fused-ring (bicyclic) bond motifs is 1. The van der Waals surface area contributed by atoms with Gasteiger partial charge in [-0.25, -0.2) is 9.59 Å². The van der Waals surface area contributed by atoms with E-state index in [1.165, 1.54) is 4.57 Å². The normalized spacial score (nSPS) is 12.9. The Kier molecular flexibility index (Phi) is 4.46. The third kappa shape index (κ3) is 2.99. The van der Waals surface area contributed by atoms with Crippen molar-refractivity contribution in [3.63, 3.8) is 0 Å². The minimum absolute atomic E-state index is 0.122. The van der Waals surface area contributed by atoms with Crippen LogP contribution in [0, 0.1) is 0 Å². The molecule has 0 amide bonds. The number of aromatic nitrogens is 4. The lowest BCUT2D eigenvalue weighted by atomic mass is 10.2. The molecular formula is C13H20N4O4. The second-order valence-corrected chi connectivity index (χ2v) is 5.13. The van der Waals surface area contributed by atoms with Crippen molar-refractivity contribution in [2.75, 3.05) is 0 Å². The van der Waals surface area contributed by atoms with E-state index < -0.39 is 23.0 Å². The lowest BCUT2D eigenvalue weighted by molar-refractivity contribution is 0.180. The molecule has 1 atom stereocenters. The summed E-state index contributed by atoms with van der Waals surface area (Å²) in [5.41, 5.74) is -1.07. The van der Waals surface area contributed by atoms with Crippen LogP contribution in [0.3, 0.4) is 0 Å². The molecule has 0 saturated carbocycles.